The number of alkyl halides is 4. The molecule has 0 fully saturated rings. The second-order valence-corrected chi connectivity index (χ2v) is 7.81. The van der Waals surface area contributed by atoms with Crippen LogP contribution in [0.25, 0.3) is 22.5 Å². The zero-order valence-electron chi connectivity index (χ0n) is 19.4. The minimum atomic E-state index is -3.25. The molecule has 190 valence electrons. The van der Waals surface area contributed by atoms with Gasteiger partial charge in [-0.3, -0.25) is 19.7 Å². The summed E-state index contributed by atoms with van der Waals surface area (Å²) >= 11 is 0. The third kappa shape index (κ3) is 6.57. The number of carbonyl (C=O) groups is 1. The van der Waals surface area contributed by atoms with Gasteiger partial charge in [0.25, 0.3) is 5.91 Å². The van der Waals surface area contributed by atoms with Crippen molar-refractivity contribution in [3.05, 3.63) is 90.0 Å². The lowest BCUT2D eigenvalue weighted by Gasteiger charge is -2.14. The highest BCUT2D eigenvalue weighted by Crippen LogP contribution is 2.31. The highest BCUT2D eigenvalue weighted by molar-refractivity contribution is 6.00. The molecule has 37 heavy (non-hydrogen) atoms. The normalized spacial score (nSPS) is 11.0. The summed E-state index contributed by atoms with van der Waals surface area (Å²) in [4.78, 5) is 26.2. The molecule has 1 amide bonds. The minimum absolute atomic E-state index is 0.120. The number of ether oxygens (including phenoxy) is 2. The van der Waals surface area contributed by atoms with Crippen molar-refractivity contribution >= 4 is 5.91 Å². The summed E-state index contributed by atoms with van der Waals surface area (Å²) in [6.45, 7) is -4.70. The van der Waals surface area contributed by atoms with Crippen LogP contribution < -0.4 is 14.8 Å². The average molecular weight is 512 g/mol. The molecule has 4 aromatic rings. The van der Waals surface area contributed by atoms with Gasteiger partial charge in [0.05, 0.1) is 11.3 Å². The summed E-state index contributed by atoms with van der Waals surface area (Å²) in [5, 5.41) is 2.70. The number of hydrogen-bond acceptors (Lipinski definition) is 6. The number of halogens is 4. The van der Waals surface area contributed by atoms with Gasteiger partial charge in [0.15, 0.2) is 11.5 Å². The van der Waals surface area contributed by atoms with Crippen molar-refractivity contribution in [3.8, 4) is 34.0 Å². The van der Waals surface area contributed by atoms with E-state index in [2.05, 4.69) is 29.7 Å². The van der Waals surface area contributed by atoms with E-state index < -0.39 is 30.6 Å². The Morgan fingerprint density at radius 3 is 2.35 bits per heavy atom. The van der Waals surface area contributed by atoms with Crippen molar-refractivity contribution in [3.63, 3.8) is 0 Å². The fraction of sp³-hybridized carbons (Fsp3) is 0.154. The molecule has 0 aliphatic rings. The van der Waals surface area contributed by atoms with Gasteiger partial charge in [-0.25, -0.2) is 0 Å². The lowest BCUT2D eigenvalue weighted by molar-refractivity contribution is -0.0692. The van der Waals surface area contributed by atoms with Gasteiger partial charge in [0.1, 0.15) is 5.69 Å². The van der Waals surface area contributed by atoms with E-state index in [0.29, 0.717) is 22.5 Å². The van der Waals surface area contributed by atoms with Crippen molar-refractivity contribution in [2.24, 2.45) is 0 Å². The molecule has 0 radical (unpaired) electrons. The number of benzene rings is 1. The number of nitrogens with zero attached hydrogens (tertiary/aromatic N) is 3. The van der Waals surface area contributed by atoms with E-state index in [4.69, 9.17) is 0 Å². The van der Waals surface area contributed by atoms with Crippen molar-refractivity contribution < 1.29 is 31.8 Å². The van der Waals surface area contributed by atoms with E-state index in [1.807, 2.05) is 13.0 Å². The number of amides is 1. The Morgan fingerprint density at radius 2 is 1.65 bits per heavy atom. The maximum atomic E-state index is 13.3. The van der Waals surface area contributed by atoms with Gasteiger partial charge in [-0.2, -0.15) is 17.6 Å². The van der Waals surface area contributed by atoms with Crippen LogP contribution in [0, 0.1) is 6.92 Å². The second kappa shape index (κ2) is 11.5. The summed E-state index contributed by atoms with van der Waals surface area (Å²) in [6.07, 6.45) is 6.55. The molecule has 1 N–H and O–H groups in total. The molecule has 0 aliphatic heterocycles. The molecule has 4 rings (SSSR count). The smallest absolute Gasteiger partial charge is 0.387 e. The SMILES string of the molecule is Cc1cncc(-c2cnc(-c3ccccn3)c(C(=O)NCc3ccc(OC(F)F)c(OC(F)F)c3)c2)c1. The van der Waals surface area contributed by atoms with Gasteiger partial charge in [0, 0.05) is 42.5 Å². The molecular weight excluding hydrogens is 492 g/mol. The van der Waals surface area contributed by atoms with Crippen LogP contribution in [-0.4, -0.2) is 34.1 Å². The van der Waals surface area contributed by atoms with Crippen LogP contribution >= 0.6 is 0 Å². The molecule has 0 spiro atoms. The number of rotatable bonds is 9. The van der Waals surface area contributed by atoms with Crippen LogP contribution in [-0.2, 0) is 6.54 Å². The monoisotopic (exact) mass is 512 g/mol. The molecule has 1 aromatic carbocycles. The first-order valence-corrected chi connectivity index (χ1v) is 10.9. The molecule has 0 saturated heterocycles. The van der Waals surface area contributed by atoms with E-state index in [9.17, 15) is 22.4 Å². The topological polar surface area (TPSA) is 86.2 Å². The molecule has 11 heteroatoms. The van der Waals surface area contributed by atoms with E-state index in [-0.39, 0.29) is 12.1 Å². The van der Waals surface area contributed by atoms with Crippen LogP contribution in [0.1, 0.15) is 21.5 Å². The molecule has 0 aliphatic carbocycles. The van der Waals surface area contributed by atoms with E-state index in [1.54, 1.807) is 49.1 Å². The third-order valence-corrected chi connectivity index (χ3v) is 5.14. The molecule has 7 nitrogen and oxygen atoms in total. The Balaban J connectivity index is 1.63. The summed E-state index contributed by atoms with van der Waals surface area (Å²) in [5.41, 5.74) is 3.70. The molecule has 3 aromatic heterocycles. The number of pyridine rings is 3. The van der Waals surface area contributed by atoms with E-state index >= 15 is 0 Å². The largest absolute Gasteiger partial charge is 0.431 e. The fourth-order valence-corrected chi connectivity index (χ4v) is 3.54. The molecular formula is C26H20F4N4O3. The quantitative estimate of drug-likeness (QED) is 0.292. The Bertz CT molecular complexity index is 1390. The highest BCUT2D eigenvalue weighted by atomic mass is 19.3. The van der Waals surface area contributed by atoms with Crippen LogP contribution in [0.2, 0.25) is 0 Å². The maximum absolute atomic E-state index is 13.3. The summed E-state index contributed by atoms with van der Waals surface area (Å²) in [5.74, 6) is -1.64. The standard InChI is InChI=1S/C26H20F4N4O3/c1-15-8-17(13-31-11-15)18-10-19(23(33-14-18)20-4-2-3-7-32-20)24(35)34-12-16-5-6-21(36-25(27)28)22(9-16)37-26(29)30/h2-11,13-14,25-26H,12H2,1H3,(H,34,35). The van der Waals surface area contributed by atoms with Crippen molar-refractivity contribution in [1.29, 1.82) is 0 Å². The maximum Gasteiger partial charge on any atom is 0.387 e. The number of hydrogen-bond donors (Lipinski definition) is 1. The van der Waals surface area contributed by atoms with Gasteiger partial charge >= 0.3 is 13.2 Å². The lowest BCUT2D eigenvalue weighted by Crippen LogP contribution is -2.24. The Kier molecular flexibility index (Phi) is 7.92. The van der Waals surface area contributed by atoms with E-state index in [1.165, 1.54) is 6.07 Å². The molecule has 0 atom stereocenters. The average Bonchev–Trinajstić information content (AvgIpc) is 2.88. The summed E-state index contributed by atoms with van der Waals surface area (Å²) in [6, 6.07) is 12.3. The van der Waals surface area contributed by atoms with Gasteiger partial charge in [-0.05, 0) is 54.4 Å². The van der Waals surface area contributed by atoms with E-state index in [0.717, 1.165) is 23.3 Å². The first-order valence-electron chi connectivity index (χ1n) is 10.9. The molecule has 3 heterocycles. The summed E-state index contributed by atoms with van der Waals surface area (Å²) in [7, 11) is 0. The predicted octanol–water partition coefficient (Wildman–Crippen LogP) is 5.65. The zero-order chi connectivity index (χ0) is 26.4. The Hall–Kier alpha value is -4.54. The first kappa shape index (κ1) is 25.5. The van der Waals surface area contributed by atoms with Gasteiger partial charge < -0.3 is 14.8 Å². The number of aromatic nitrogens is 3. The van der Waals surface area contributed by atoms with Crippen LogP contribution in [0.5, 0.6) is 11.5 Å². The number of aryl methyl sites for hydroxylation is 1. The second-order valence-electron chi connectivity index (χ2n) is 7.81. The van der Waals surface area contributed by atoms with Crippen LogP contribution in [0.3, 0.4) is 0 Å². The van der Waals surface area contributed by atoms with Gasteiger partial charge in [-0.15, -0.1) is 0 Å². The highest BCUT2D eigenvalue weighted by Gasteiger charge is 2.19. The minimum Gasteiger partial charge on any atom is -0.431 e. The fourth-order valence-electron chi connectivity index (χ4n) is 3.54. The molecule has 0 unspecified atom stereocenters. The lowest BCUT2D eigenvalue weighted by atomic mass is 10.0. The Morgan fingerprint density at radius 1 is 0.892 bits per heavy atom. The van der Waals surface area contributed by atoms with Gasteiger partial charge in [-0.1, -0.05) is 12.1 Å². The third-order valence-electron chi connectivity index (χ3n) is 5.14. The molecule has 0 bridgehead atoms. The zero-order valence-corrected chi connectivity index (χ0v) is 19.4. The number of nitrogens with one attached hydrogen (secondary N) is 1. The Labute approximate surface area is 209 Å². The van der Waals surface area contributed by atoms with Crippen molar-refractivity contribution in [2.45, 2.75) is 26.7 Å². The van der Waals surface area contributed by atoms with Gasteiger partial charge in [0.2, 0.25) is 0 Å². The van der Waals surface area contributed by atoms with Crippen molar-refractivity contribution in [1.82, 2.24) is 20.3 Å². The van der Waals surface area contributed by atoms with Crippen molar-refractivity contribution in [2.75, 3.05) is 0 Å². The predicted molar refractivity (Wildman–Crippen MR) is 126 cm³/mol. The van der Waals surface area contributed by atoms with Crippen LogP contribution in [0.15, 0.2) is 73.3 Å². The summed E-state index contributed by atoms with van der Waals surface area (Å²) < 4.78 is 59.2. The van der Waals surface area contributed by atoms with Crippen LogP contribution in [0.4, 0.5) is 17.6 Å². The number of carbonyl (C=O) groups excluding carboxylic acids is 1. The first-order chi connectivity index (χ1) is 17.8. The molecule has 0 saturated carbocycles.